The van der Waals surface area contributed by atoms with Gasteiger partial charge in [-0.15, -0.1) is 0 Å². The Balaban J connectivity index is 2.07. The van der Waals surface area contributed by atoms with Gasteiger partial charge in [0, 0.05) is 16.8 Å². The van der Waals surface area contributed by atoms with E-state index in [9.17, 15) is 0 Å². The number of anilines is 1. The van der Waals surface area contributed by atoms with Crippen LogP contribution in [0.25, 0.3) is 0 Å². The Morgan fingerprint density at radius 2 is 2.33 bits per heavy atom. The Kier molecular flexibility index (Phi) is 3.54. The van der Waals surface area contributed by atoms with Crippen LogP contribution < -0.4 is 5.32 Å². The summed E-state index contributed by atoms with van der Waals surface area (Å²) in [6.07, 6.45) is 1.33. The number of ether oxygens (including phenoxy) is 1. The number of benzene rings is 1. The van der Waals surface area contributed by atoms with Gasteiger partial charge in [-0.2, -0.15) is 0 Å². The first-order chi connectivity index (χ1) is 7.16. The van der Waals surface area contributed by atoms with Gasteiger partial charge in [-0.05, 0) is 47.5 Å². The molecule has 4 heteroatoms. The normalized spacial score (nSPS) is 25.5. The van der Waals surface area contributed by atoms with Crippen LogP contribution in [0.5, 0.6) is 0 Å². The van der Waals surface area contributed by atoms with Crippen molar-refractivity contribution in [2.45, 2.75) is 25.5 Å². The van der Waals surface area contributed by atoms with E-state index in [2.05, 4.69) is 28.2 Å². The molecule has 0 aromatic heterocycles. The monoisotopic (exact) mass is 289 g/mol. The molecular formula is C11H13BrClNO. The molecule has 2 nitrogen and oxygen atoms in total. The van der Waals surface area contributed by atoms with E-state index < -0.39 is 0 Å². The van der Waals surface area contributed by atoms with E-state index in [-0.39, 0.29) is 6.10 Å². The Bertz CT molecular complexity index is 358. The highest BCUT2D eigenvalue weighted by molar-refractivity contribution is 9.10. The molecule has 1 aliphatic rings. The predicted octanol–water partition coefficient (Wildman–Crippen LogP) is 3.69. The van der Waals surface area contributed by atoms with Crippen LogP contribution in [0.2, 0.25) is 5.02 Å². The summed E-state index contributed by atoms with van der Waals surface area (Å²) in [7, 11) is 0. The quantitative estimate of drug-likeness (QED) is 0.897. The zero-order chi connectivity index (χ0) is 10.8. The largest absolute Gasteiger partial charge is 0.380 e. The number of hydrogen-bond donors (Lipinski definition) is 1. The second-order valence-electron chi connectivity index (χ2n) is 3.74. The van der Waals surface area contributed by atoms with Crippen LogP contribution in [-0.4, -0.2) is 18.8 Å². The maximum absolute atomic E-state index is 5.93. The summed E-state index contributed by atoms with van der Waals surface area (Å²) in [4.78, 5) is 0. The molecule has 0 radical (unpaired) electrons. The molecule has 0 bridgehead atoms. The zero-order valence-electron chi connectivity index (χ0n) is 8.47. The van der Waals surface area contributed by atoms with E-state index in [0.29, 0.717) is 6.04 Å². The van der Waals surface area contributed by atoms with Gasteiger partial charge in [-0.25, -0.2) is 0 Å². The third kappa shape index (κ3) is 2.65. The van der Waals surface area contributed by atoms with Crippen molar-refractivity contribution in [1.29, 1.82) is 0 Å². The SMILES string of the molecule is C[C@@H]1OCC[C@H]1Nc1ccc(Cl)c(Br)c1. The average molecular weight is 291 g/mol. The van der Waals surface area contributed by atoms with Gasteiger partial charge in [-0.1, -0.05) is 11.6 Å². The van der Waals surface area contributed by atoms with Gasteiger partial charge in [-0.3, -0.25) is 0 Å². The third-order valence-electron chi connectivity index (χ3n) is 2.65. The molecule has 2 atom stereocenters. The van der Waals surface area contributed by atoms with Crippen molar-refractivity contribution < 1.29 is 4.74 Å². The van der Waals surface area contributed by atoms with Gasteiger partial charge in [0.2, 0.25) is 0 Å². The lowest BCUT2D eigenvalue weighted by molar-refractivity contribution is 0.121. The Hall–Kier alpha value is -0.250. The second kappa shape index (κ2) is 4.73. The van der Waals surface area contributed by atoms with Gasteiger partial charge in [0.15, 0.2) is 0 Å². The van der Waals surface area contributed by atoms with Gasteiger partial charge in [0.25, 0.3) is 0 Å². The van der Waals surface area contributed by atoms with E-state index in [0.717, 1.165) is 28.2 Å². The highest BCUT2D eigenvalue weighted by Gasteiger charge is 2.23. The average Bonchev–Trinajstić information content (AvgIpc) is 2.59. The summed E-state index contributed by atoms with van der Waals surface area (Å²) < 4.78 is 6.41. The summed E-state index contributed by atoms with van der Waals surface area (Å²) in [5.41, 5.74) is 1.08. The number of hydrogen-bond acceptors (Lipinski definition) is 2. The summed E-state index contributed by atoms with van der Waals surface area (Å²) in [5, 5.41) is 4.18. The highest BCUT2D eigenvalue weighted by atomic mass is 79.9. The minimum Gasteiger partial charge on any atom is -0.380 e. The van der Waals surface area contributed by atoms with E-state index in [4.69, 9.17) is 16.3 Å². The van der Waals surface area contributed by atoms with Crippen molar-refractivity contribution in [2.75, 3.05) is 11.9 Å². The zero-order valence-corrected chi connectivity index (χ0v) is 10.8. The topological polar surface area (TPSA) is 21.3 Å². The second-order valence-corrected chi connectivity index (χ2v) is 5.01. The lowest BCUT2D eigenvalue weighted by Crippen LogP contribution is -2.26. The fourth-order valence-corrected chi connectivity index (χ4v) is 2.22. The van der Waals surface area contributed by atoms with Gasteiger partial charge in [0.05, 0.1) is 17.2 Å². The first-order valence-corrected chi connectivity index (χ1v) is 6.17. The fourth-order valence-electron chi connectivity index (χ4n) is 1.72. The molecule has 1 saturated heterocycles. The first kappa shape index (κ1) is 11.2. The number of rotatable bonds is 2. The van der Waals surface area contributed by atoms with Crippen LogP contribution >= 0.6 is 27.5 Å². The lowest BCUT2D eigenvalue weighted by atomic mass is 10.1. The number of nitrogens with one attached hydrogen (secondary N) is 1. The molecule has 0 aliphatic carbocycles. The van der Waals surface area contributed by atoms with Crippen LogP contribution in [0, 0.1) is 0 Å². The van der Waals surface area contributed by atoms with Crippen LogP contribution in [0.1, 0.15) is 13.3 Å². The van der Waals surface area contributed by atoms with Crippen LogP contribution in [-0.2, 0) is 4.74 Å². The maximum Gasteiger partial charge on any atom is 0.0748 e. The van der Waals surface area contributed by atoms with Crippen molar-refractivity contribution in [3.63, 3.8) is 0 Å². The van der Waals surface area contributed by atoms with Crippen molar-refractivity contribution >= 4 is 33.2 Å². The Morgan fingerprint density at radius 1 is 1.53 bits per heavy atom. The summed E-state index contributed by atoms with van der Waals surface area (Å²) in [6, 6.07) is 6.26. The lowest BCUT2D eigenvalue weighted by Gasteiger charge is -2.17. The standard InChI is InChI=1S/C11H13BrClNO/c1-7-11(4-5-15-7)14-8-2-3-10(13)9(12)6-8/h2-3,6-7,11,14H,4-5H2,1H3/t7-,11+/m0/s1. The summed E-state index contributed by atoms with van der Waals surface area (Å²) in [6.45, 7) is 2.93. The highest BCUT2D eigenvalue weighted by Crippen LogP contribution is 2.27. The fraction of sp³-hybridized carbons (Fsp3) is 0.455. The number of halogens is 2. The molecular weight excluding hydrogens is 277 g/mol. The molecule has 1 aromatic rings. The molecule has 82 valence electrons. The molecule has 0 saturated carbocycles. The minimum absolute atomic E-state index is 0.277. The molecule has 0 unspecified atom stereocenters. The van der Waals surface area contributed by atoms with Crippen molar-refractivity contribution in [3.05, 3.63) is 27.7 Å². The van der Waals surface area contributed by atoms with E-state index in [1.54, 1.807) is 0 Å². The van der Waals surface area contributed by atoms with Crippen molar-refractivity contribution in [1.82, 2.24) is 0 Å². The molecule has 2 rings (SSSR count). The molecule has 0 spiro atoms. The molecule has 1 aliphatic heterocycles. The van der Waals surface area contributed by atoms with Gasteiger partial charge >= 0.3 is 0 Å². The predicted molar refractivity (Wildman–Crippen MR) is 66.6 cm³/mol. The summed E-state index contributed by atoms with van der Waals surface area (Å²) >= 11 is 9.33. The van der Waals surface area contributed by atoms with Gasteiger partial charge < -0.3 is 10.1 Å². The molecule has 1 N–H and O–H groups in total. The minimum atomic E-state index is 0.277. The molecule has 1 aromatic carbocycles. The van der Waals surface area contributed by atoms with Crippen LogP contribution in [0.3, 0.4) is 0 Å². The first-order valence-electron chi connectivity index (χ1n) is 5.00. The molecule has 1 heterocycles. The van der Waals surface area contributed by atoms with Crippen LogP contribution in [0.4, 0.5) is 5.69 Å². The Labute approximate surface area is 103 Å². The van der Waals surface area contributed by atoms with E-state index >= 15 is 0 Å². The molecule has 15 heavy (non-hydrogen) atoms. The molecule has 1 fully saturated rings. The summed E-state index contributed by atoms with van der Waals surface area (Å²) in [5.74, 6) is 0. The maximum atomic E-state index is 5.93. The smallest absolute Gasteiger partial charge is 0.0748 e. The molecule has 0 amide bonds. The third-order valence-corrected chi connectivity index (χ3v) is 3.86. The van der Waals surface area contributed by atoms with Crippen molar-refractivity contribution in [2.24, 2.45) is 0 Å². The van der Waals surface area contributed by atoms with Crippen LogP contribution in [0.15, 0.2) is 22.7 Å². The van der Waals surface area contributed by atoms with Crippen molar-refractivity contribution in [3.8, 4) is 0 Å². The van der Waals surface area contributed by atoms with E-state index in [1.165, 1.54) is 0 Å². The Morgan fingerprint density at radius 3 is 2.93 bits per heavy atom. The van der Waals surface area contributed by atoms with Gasteiger partial charge in [0.1, 0.15) is 0 Å². The van der Waals surface area contributed by atoms with E-state index in [1.807, 2.05) is 18.2 Å².